The Balaban J connectivity index is 4.23. The van der Waals surface area contributed by atoms with Crippen LogP contribution in [-0.4, -0.2) is 37.2 Å². The largest absolute Gasteiger partial charge is 0.462 e. The molecular weight excluding hydrogens is 1020 g/mol. The summed E-state index contributed by atoms with van der Waals surface area (Å²) in [5.41, 5.74) is 0. The molecule has 0 aromatic carbocycles. The van der Waals surface area contributed by atoms with Gasteiger partial charge in [0, 0.05) is 19.3 Å². The van der Waals surface area contributed by atoms with Gasteiger partial charge in [0.1, 0.15) is 13.2 Å². The highest BCUT2D eigenvalue weighted by Crippen LogP contribution is 2.19. The molecule has 0 aromatic heterocycles. The molecule has 1 unspecified atom stereocenters. The standard InChI is InChI=1S/C77H140O6/c1-4-7-10-13-16-19-22-25-28-31-33-34-35-36-37-38-39-40-41-42-43-45-46-49-52-55-58-61-64-67-70-76(79)82-73-74(72-81-75(78)69-66-63-60-57-54-51-48-30-27-24-21-18-15-12-9-6-3)83-77(80)71-68-65-62-59-56-53-50-47-44-32-29-26-23-20-17-14-11-8-5-2/h8,11,17,20,26,29-30,44,47-48,74H,4-7,9-10,12-16,18-19,21-25,27-28,31-43,45-46,49-73H2,1-3H3/b11-8-,20-17-,29-26-,47-44-,48-30-. The van der Waals surface area contributed by atoms with Crippen molar-refractivity contribution >= 4 is 17.9 Å². The molecule has 0 fully saturated rings. The molecule has 0 rings (SSSR count). The van der Waals surface area contributed by atoms with Gasteiger partial charge in [-0.1, -0.05) is 351 Å². The first kappa shape index (κ1) is 80.1. The Hall–Kier alpha value is -2.89. The fourth-order valence-corrected chi connectivity index (χ4v) is 11.0. The molecule has 0 N–H and O–H groups in total. The average molecular weight is 1160 g/mol. The van der Waals surface area contributed by atoms with Crippen LogP contribution in [0, 0.1) is 0 Å². The number of allylic oxidation sites excluding steroid dienone is 10. The van der Waals surface area contributed by atoms with Crippen LogP contribution in [0.15, 0.2) is 60.8 Å². The van der Waals surface area contributed by atoms with Gasteiger partial charge in [0.05, 0.1) is 0 Å². The topological polar surface area (TPSA) is 78.9 Å². The van der Waals surface area contributed by atoms with Crippen LogP contribution in [0.5, 0.6) is 0 Å². The van der Waals surface area contributed by atoms with Gasteiger partial charge in [0.25, 0.3) is 0 Å². The number of ether oxygens (including phenoxy) is 3. The zero-order valence-corrected chi connectivity index (χ0v) is 55.7. The Morgan fingerprint density at radius 2 is 0.470 bits per heavy atom. The van der Waals surface area contributed by atoms with Gasteiger partial charge in [-0.25, -0.2) is 0 Å². The molecule has 0 aliphatic carbocycles. The molecule has 0 spiro atoms. The van der Waals surface area contributed by atoms with E-state index in [1.807, 2.05) is 0 Å². The SMILES string of the molecule is CC/C=C\C/C=C\C/C=C\C/C=C\CCCCCCCCC(=O)OC(COC(=O)CCCCCCC/C=C\CCCCCCCCC)COC(=O)CCCCCCCCCCCCCCCCCCCCCCCCCCCCCCCC. The lowest BCUT2D eigenvalue weighted by atomic mass is 10.0. The van der Waals surface area contributed by atoms with Gasteiger partial charge >= 0.3 is 17.9 Å². The van der Waals surface area contributed by atoms with Crippen molar-refractivity contribution in [3.8, 4) is 0 Å². The van der Waals surface area contributed by atoms with Gasteiger partial charge in [-0.2, -0.15) is 0 Å². The Kier molecular flexibility index (Phi) is 69.1. The van der Waals surface area contributed by atoms with E-state index in [4.69, 9.17) is 14.2 Å². The zero-order chi connectivity index (χ0) is 59.9. The molecule has 484 valence electrons. The normalized spacial score (nSPS) is 12.4. The third kappa shape index (κ3) is 69.8. The Morgan fingerprint density at radius 1 is 0.253 bits per heavy atom. The van der Waals surface area contributed by atoms with Gasteiger partial charge in [-0.05, 0) is 83.5 Å². The van der Waals surface area contributed by atoms with Crippen LogP contribution < -0.4 is 0 Å². The highest BCUT2D eigenvalue weighted by molar-refractivity contribution is 5.71. The predicted octanol–water partition coefficient (Wildman–Crippen LogP) is 25.5. The van der Waals surface area contributed by atoms with E-state index in [-0.39, 0.29) is 31.1 Å². The smallest absolute Gasteiger partial charge is 0.306 e. The van der Waals surface area contributed by atoms with Crippen LogP contribution >= 0.6 is 0 Å². The molecule has 0 aliphatic rings. The molecular formula is C77H140O6. The molecule has 0 radical (unpaired) electrons. The third-order valence-electron chi connectivity index (χ3n) is 16.5. The number of esters is 3. The summed E-state index contributed by atoms with van der Waals surface area (Å²) in [4.78, 5) is 38.5. The predicted molar refractivity (Wildman–Crippen MR) is 362 cm³/mol. The van der Waals surface area contributed by atoms with Crippen molar-refractivity contribution in [1.29, 1.82) is 0 Å². The summed E-state index contributed by atoms with van der Waals surface area (Å²) >= 11 is 0. The number of unbranched alkanes of at least 4 members (excludes halogenated alkanes) is 47. The van der Waals surface area contributed by atoms with Gasteiger partial charge in [0.2, 0.25) is 0 Å². The van der Waals surface area contributed by atoms with Crippen molar-refractivity contribution < 1.29 is 28.6 Å². The zero-order valence-electron chi connectivity index (χ0n) is 55.7. The Labute approximate surface area is 517 Å². The first-order valence-electron chi connectivity index (χ1n) is 36.8. The van der Waals surface area contributed by atoms with Crippen LogP contribution in [0.25, 0.3) is 0 Å². The summed E-state index contributed by atoms with van der Waals surface area (Å²) in [7, 11) is 0. The number of hydrogen-bond acceptors (Lipinski definition) is 6. The minimum Gasteiger partial charge on any atom is -0.462 e. The van der Waals surface area contributed by atoms with E-state index in [0.717, 1.165) is 103 Å². The summed E-state index contributed by atoms with van der Waals surface area (Å²) in [6, 6.07) is 0. The lowest BCUT2D eigenvalue weighted by Crippen LogP contribution is -2.30. The van der Waals surface area contributed by atoms with E-state index in [1.54, 1.807) is 0 Å². The van der Waals surface area contributed by atoms with Gasteiger partial charge < -0.3 is 14.2 Å². The Morgan fingerprint density at radius 3 is 0.747 bits per heavy atom. The van der Waals surface area contributed by atoms with Crippen molar-refractivity contribution in [2.45, 2.75) is 399 Å². The number of carbonyl (C=O) groups excluding carboxylic acids is 3. The third-order valence-corrected chi connectivity index (χ3v) is 16.5. The summed E-state index contributed by atoms with van der Waals surface area (Å²) in [6.07, 6.45) is 92.7. The maximum atomic E-state index is 13.0. The van der Waals surface area contributed by atoms with E-state index in [9.17, 15) is 14.4 Å². The van der Waals surface area contributed by atoms with E-state index >= 15 is 0 Å². The second-order valence-electron chi connectivity index (χ2n) is 24.8. The second kappa shape index (κ2) is 71.6. The number of rotatable bonds is 68. The molecule has 6 nitrogen and oxygen atoms in total. The fourth-order valence-electron chi connectivity index (χ4n) is 11.0. The lowest BCUT2D eigenvalue weighted by molar-refractivity contribution is -0.167. The van der Waals surface area contributed by atoms with E-state index in [2.05, 4.69) is 81.5 Å². The molecule has 1 atom stereocenters. The van der Waals surface area contributed by atoms with Gasteiger partial charge in [0.15, 0.2) is 6.10 Å². The summed E-state index contributed by atoms with van der Waals surface area (Å²) in [5, 5.41) is 0. The van der Waals surface area contributed by atoms with Crippen LogP contribution in [0.3, 0.4) is 0 Å². The van der Waals surface area contributed by atoms with Gasteiger partial charge in [-0.3, -0.25) is 14.4 Å². The molecule has 0 aromatic rings. The molecule has 0 bridgehead atoms. The first-order valence-corrected chi connectivity index (χ1v) is 36.8. The first-order chi connectivity index (χ1) is 41.0. The van der Waals surface area contributed by atoms with Gasteiger partial charge in [-0.15, -0.1) is 0 Å². The van der Waals surface area contributed by atoms with Crippen molar-refractivity contribution in [2.24, 2.45) is 0 Å². The highest BCUT2D eigenvalue weighted by Gasteiger charge is 2.19. The van der Waals surface area contributed by atoms with Crippen LogP contribution in [0.2, 0.25) is 0 Å². The van der Waals surface area contributed by atoms with Crippen LogP contribution in [-0.2, 0) is 28.6 Å². The average Bonchev–Trinajstić information content (AvgIpc) is 3.49. The fraction of sp³-hybridized carbons (Fsp3) is 0.831. The van der Waals surface area contributed by atoms with Crippen molar-refractivity contribution in [1.82, 2.24) is 0 Å². The van der Waals surface area contributed by atoms with Crippen molar-refractivity contribution in [3.05, 3.63) is 60.8 Å². The minimum absolute atomic E-state index is 0.0792. The number of hydrogen-bond donors (Lipinski definition) is 0. The van der Waals surface area contributed by atoms with E-state index in [1.165, 1.54) is 250 Å². The lowest BCUT2D eigenvalue weighted by Gasteiger charge is -2.18. The molecule has 83 heavy (non-hydrogen) atoms. The van der Waals surface area contributed by atoms with E-state index < -0.39 is 6.10 Å². The maximum Gasteiger partial charge on any atom is 0.306 e. The van der Waals surface area contributed by atoms with Crippen LogP contribution in [0.4, 0.5) is 0 Å². The van der Waals surface area contributed by atoms with Crippen molar-refractivity contribution in [2.75, 3.05) is 13.2 Å². The highest BCUT2D eigenvalue weighted by atomic mass is 16.6. The molecule has 0 saturated heterocycles. The molecule has 0 heterocycles. The molecule has 6 heteroatoms. The monoisotopic (exact) mass is 1160 g/mol. The van der Waals surface area contributed by atoms with Crippen molar-refractivity contribution in [3.63, 3.8) is 0 Å². The molecule has 0 saturated carbocycles. The second-order valence-corrected chi connectivity index (χ2v) is 24.8. The molecule has 0 amide bonds. The quantitative estimate of drug-likeness (QED) is 0.0261. The number of carbonyl (C=O) groups is 3. The summed E-state index contributed by atoms with van der Waals surface area (Å²) in [6.45, 7) is 6.57. The molecule has 0 aliphatic heterocycles. The maximum absolute atomic E-state index is 13.0. The summed E-state index contributed by atoms with van der Waals surface area (Å²) in [5.74, 6) is -0.878. The van der Waals surface area contributed by atoms with Crippen LogP contribution in [0.1, 0.15) is 393 Å². The summed E-state index contributed by atoms with van der Waals surface area (Å²) < 4.78 is 17.0. The Bertz CT molecular complexity index is 1470. The minimum atomic E-state index is -0.786. The van der Waals surface area contributed by atoms with E-state index in [0.29, 0.717) is 19.3 Å².